The fourth-order valence-corrected chi connectivity index (χ4v) is 1.93. The molecule has 2 N–H and O–H groups in total. The van der Waals surface area contributed by atoms with Gasteiger partial charge in [-0.25, -0.2) is 0 Å². The van der Waals surface area contributed by atoms with Crippen molar-refractivity contribution in [3.8, 4) is 5.75 Å². The number of carbonyl (C=O) groups excluding carboxylic acids is 1. The second-order valence-corrected chi connectivity index (χ2v) is 5.30. The monoisotopic (exact) mass is 313 g/mol. The van der Waals surface area contributed by atoms with Gasteiger partial charge in [-0.05, 0) is 36.1 Å². The van der Waals surface area contributed by atoms with Crippen LogP contribution in [-0.4, -0.2) is 30.3 Å². The molecule has 0 aliphatic heterocycles. The van der Waals surface area contributed by atoms with E-state index in [0.717, 1.165) is 0 Å². The molecule has 0 heterocycles. The predicted octanol–water partition coefficient (Wildman–Crippen LogP) is 2.82. The third-order valence-corrected chi connectivity index (χ3v) is 2.86. The zero-order chi connectivity index (χ0) is 16.5. The minimum absolute atomic E-state index is 0.0638. The summed E-state index contributed by atoms with van der Waals surface area (Å²) in [4.78, 5) is 11.7. The lowest BCUT2D eigenvalue weighted by Crippen LogP contribution is -2.37. The van der Waals surface area contributed by atoms with Crippen molar-refractivity contribution in [3.05, 3.63) is 35.9 Å². The van der Waals surface area contributed by atoms with Crippen LogP contribution in [-0.2, 0) is 4.79 Å². The highest BCUT2D eigenvalue weighted by Crippen LogP contribution is 2.15. The summed E-state index contributed by atoms with van der Waals surface area (Å²) in [7, 11) is 0. The molecule has 1 rings (SSSR count). The van der Waals surface area contributed by atoms with E-state index in [1.165, 1.54) is 18.2 Å². The zero-order valence-corrected chi connectivity index (χ0v) is 12.6. The Balaban J connectivity index is 2.54. The molecule has 1 aromatic rings. The molecule has 6 heteroatoms. The Bertz CT molecular complexity index is 487. The normalized spacial score (nSPS) is 12.9. The highest BCUT2D eigenvalue weighted by Gasteiger charge is 2.11. The molecule has 0 saturated carbocycles. The molecule has 0 aliphatic rings. The Morgan fingerprint density at radius 1 is 1.32 bits per heavy atom. The highest BCUT2D eigenvalue weighted by atomic mass is 19.3. The van der Waals surface area contributed by atoms with Gasteiger partial charge in [0.15, 0.2) is 0 Å². The van der Waals surface area contributed by atoms with Crippen LogP contribution in [0.15, 0.2) is 30.3 Å². The Hall–Kier alpha value is -1.95. The lowest BCUT2D eigenvalue weighted by Gasteiger charge is -2.17. The van der Waals surface area contributed by atoms with Crippen molar-refractivity contribution in [1.29, 1.82) is 0 Å². The number of aliphatic hydroxyl groups is 1. The lowest BCUT2D eigenvalue weighted by molar-refractivity contribution is -0.117. The average molecular weight is 313 g/mol. The van der Waals surface area contributed by atoms with E-state index in [9.17, 15) is 18.7 Å². The minimum atomic E-state index is -2.86. The second kappa shape index (κ2) is 9.15. The number of ether oxygens (including phenoxy) is 1. The smallest absolute Gasteiger partial charge is 0.387 e. The number of amides is 1. The van der Waals surface area contributed by atoms with Crippen LogP contribution in [0.5, 0.6) is 5.75 Å². The van der Waals surface area contributed by atoms with Gasteiger partial charge in [-0.3, -0.25) is 4.79 Å². The molecule has 0 saturated heterocycles. The highest BCUT2D eigenvalue weighted by molar-refractivity contribution is 5.91. The SMILES string of the molecule is CC(C)CC(CO)NC(=O)/C=C/c1ccc(OC(F)F)cc1. The van der Waals surface area contributed by atoms with Crippen LogP contribution in [0.2, 0.25) is 0 Å². The first-order chi connectivity index (χ1) is 10.4. The number of hydrogen-bond acceptors (Lipinski definition) is 3. The van der Waals surface area contributed by atoms with Gasteiger partial charge in [-0.1, -0.05) is 26.0 Å². The summed E-state index contributed by atoms with van der Waals surface area (Å²) in [6, 6.07) is 5.66. The molecule has 1 unspecified atom stereocenters. The van der Waals surface area contributed by atoms with Crippen LogP contribution in [0.1, 0.15) is 25.8 Å². The summed E-state index contributed by atoms with van der Waals surface area (Å²) in [5, 5.41) is 11.9. The van der Waals surface area contributed by atoms with Crippen molar-refractivity contribution >= 4 is 12.0 Å². The van der Waals surface area contributed by atoms with Gasteiger partial charge in [-0.15, -0.1) is 0 Å². The first kappa shape index (κ1) is 18.1. The maximum atomic E-state index is 12.0. The average Bonchev–Trinajstić information content (AvgIpc) is 2.44. The fourth-order valence-electron chi connectivity index (χ4n) is 1.93. The molecule has 0 aliphatic carbocycles. The van der Waals surface area contributed by atoms with Gasteiger partial charge in [0, 0.05) is 6.08 Å². The predicted molar refractivity (Wildman–Crippen MR) is 80.6 cm³/mol. The molecule has 0 bridgehead atoms. The molecule has 0 radical (unpaired) electrons. The van der Waals surface area contributed by atoms with E-state index >= 15 is 0 Å². The molecule has 22 heavy (non-hydrogen) atoms. The van der Waals surface area contributed by atoms with E-state index < -0.39 is 6.61 Å². The van der Waals surface area contributed by atoms with Crippen molar-refractivity contribution < 1.29 is 23.4 Å². The molecule has 1 aromatic carbocycles. The molecular weight excluding hydrogens is 292 g/mol. The molecule has 0 aromatic heterocycles. The zero-order valence-electron chi connectivity index (χ0n) is 12.6. The van der Waals surface area contributed by atoms with Gasteiger partial charge >= 0.3 is 6.61 Å². The van der Waals surface area contributed by atoms with Crippen molar-refractivity contribution in [1.82, 2.24) is 5.32 Å². The first-order valence-corrected chi connectivity index (χ1v) is 7.05. The van der Waals surface area contributed by atoms with Gasteiger partial charge in [-0.2, -0.15) is 8.78 Å². The van der Waals surface area contributed by atoms with Crippen molar-refractivity contribution in [2.75, 3.05) is 6.61 Å². The van der Waals surface area contributed by atoms with Gasteiger partial charge in [0.2, 0.25) is 5.91 Å². The van der Waals surface area contributed by atoms with Crippen molar-refractivity contribution in [2.45, 2.75) is 32.9 Å². The van der Waals surface area contributed by atoms with E-state index in [1.54, 1.807) is 18.2 Å². The van der Waals surface area contributed by atoms with E-state index in [1.807, 2.05) is 13.8 Å². The number of halogens is 2. The summed E-state index contributed by atoms with van der Waals surface area (Å²) in [6.45, 7) is 1.04. The molecular formula is C16H21F2NO3. The molecule has 0 fully saturated rings. The van der Waals surface area contributed by atoms with Gasteiger partial charge < -0.3 is 15.2 Å². The van der Waals surface area contributed by atoms with Crippen molar-refractivity contribution in [2.24, 2.45) is 5.92 Å². The van der Waals surface area contributed by atoms with Crippen LogP contribution in [0.3, 0.4) is 0 Å². The van der Waals surface area contributed by atoms with Crippen LogP contribution in [0.25, 0.3) is 6.08 Å². The molecule has 1 atom stereocenters. The second-order valence-electron chi connectivity index (χ2n) is 5.30. The molecule has 122 valence electrons. The minimum Gasteiger partial charge on any atom is -0.435 e. The Morgan fingerprint density at radius 2 is 1.95 bits per heavy atom. The Labute approximate surface area is 128 Å². The Kier molecular flexibility index (Phi) is 7.52. The molecule has 4 nitrogen and oxygen atoms in total. The number of carbonyl (C=O) groups is 1. The third kappa shape index (κ3) is 7.17. The van der Waals surface area contributed by atoms with Crippen LogP contribution < -0.4 is 10.1 Å². The summed E-state index contributed by atoms with van der Waals surface area (Å²) in [5.41, 5.74) is 0.682. The largest absolute Gasteiger partial charge is 0.435 e. The fraction of sp³-hybridized carbons (Fsp3) is 0.438. The van der Waals surface area contributed by atoms with Crippen LogP contribution >= 0.6 is 0 Å². The standard InChI is InChI=1S/C16H21F2NO3/c1-11(2)9-13(10-20)19-15(21)8-5-12-3-6-14(7-4-12)22-16(17)18/h3-8,11,13,16,20H,9-10H2,1-2H3,(H,19,21)/b8-5+. The number of hydrogen-bond donors (Lipinski definition) is 2. The van der Waals surface area contributed by atoms with Gasteiger partial charge in [0.1, 0.15) is 5.75 Å². The van der Waals surface area contributed by atoms with E-state index in [2.05, 4.69) is 10.1 Å². The topological polar surface area (TPSA) is 58.6 Å². The number of nitrogens with one attached hydrogen (secondary N) is 1. The number of alkyl halides is 2. The summed E-state index contributed by atoms with van der Waals surface area (Å²) in [5.74, 6) is 0.116. The summed E-state index contributed by atoms with van der Waals surface area (Å²) >= 11 is 0. The maximum absolute atomic E-state index is 12.0. The van der Waals surface area contributed by atoms with Crippen LogP contribution in [0, 0.1) is 5.92 Å². The number of benzene rings is 1. The van der Waals surface area contributed by atoms with Crippen LogP contribution in [0.4, 0.5) is 8.78 Å². The van der Waals surface area contributed by atoms with E-state index in [-0.39, 0.29) is 24.3 Å². The Morgan fingerprint density at radius 3 is 2.45 bits per heavy atom. The number of aliphatic hydroxyl groups excluding tert-OH is 1. The van der Waals surface area contributed by atoms with E-state index in [4.69, 9.17) is 0 Å². The quantitative estimate of drug-likeness (QED) is 0.726. The van der Waals surface area contributed by atoms with E-state index in [0.29, 0.717) is 17.9 Å². The molecule has 1 amide bonds. The first-order valence-electron chi connectivity index (χ1n) is 7.05. The lowest BCUT2D eigenvalue weighted by atomic mass is 10.0. The number of rotatable bonds is 8. The van der Waals surface area contributed by atoms with Gasteiger partial charge in [0.25, 0.3) is 0 Å². The van der Waals surface area contributed by atoms with Gasteiger partial charge in [0.05, 0.1) is 12.6 Å². The maximum Gasteiger partial charge on any atom is 0.387 e. The summed E-state index contributed by atoms with van der Waals surface area (Å²) < 4.78 is 28.3. The van der Waals surface area contributed by atoms with Crippen molar-refractivity contribution in [3.63, 3.8) is 0 Å². The summed E-state index contributed by atoms with van der Waals surface area (Å²) in [6.07, 6.45) is 3.59. The molecule has 0 spiro atoms. The third-order valence-electron chi connectivity index (χ3n) is 2.86.